The Morgan fingerprint density at radius 2 is 2.06 bits per heavy atom. The van der Waals surface area contributed by atoms with E-state index in [0.29, 0.717) is 17.5 Å². The van der Waals surface area contributed by atoms with Crippen molar-refractivity contribution in [2.45, 2.75) is 58.5 Å². The van der Waals surface area contributed by atoms with Gasteiger partial charge in [-0.3, -0.25) is 9.69 Å². The van der Waals surface area contributed by atoms with Gasteiger partial charge in [-0.15, -0.1) is 0 Å². The molecule has 2 heterocycles. The minimum Gasteiger partial charge on any atom is -0.481 e. The third-order valence-electron chi connectivity index (χ3n) is 4.12. The first-order valence-corrected chi connectivity index (χ1v) is 6.37. The zero-order valence-electron chi connectivity index (χ0n) is 10.6. The zero-order valence-corrected chi connectivity index (χ0v) is 10.6. The molecule has 1 N–H and O–H groups in total. The average molecular weight is 225 g/mol. The van der Waals surface area contributed by atoms with E-state index in [1.165, 1.54) is 6.42 Å². The first kappa shape index (κ1) is 11.9. The molecule has 0 radical (unpaired) electrons. The lowest BCUT2D eigenvalue weighted by Gasteiger charge is -2.27. The topological polar surface area (TPSA) is 40.5 Å². The number of aliphatic carboxylic acids is 1. The summed E-state index contributed by atoms with van der Waals surface area (Å²) >= 11 is 0. The van der Waals surface area contributed by atoms with Crippen molar-refractivity contribution >= 4 is 5.97 Å². The molecule has 2 saturated heterocycles. The molecule has 2 aliphatic heterocycles. The molecular weight excluding hydrogens is 202 g/mol. The fourth-order valence-corrected chi connectivity index (χ4v) is 3.18. The summed E-state index contributed by atoms with van der Waals surface area (Å²) in [6, 6.07) is 0.873. The van der Waals surface area contributed by atoms with Crippen LogP contribution in [0.25, 0.3) is 0 Å². The highest BCUT2D eigenvalue weighted by Crippen LogP contribution is 2.42. The monoisotopic (exact) mass is 225 g/mol. The van der Waals surface area contributed by atoms with E-state index in [4.69, 9.17) is 5.11 Å². The number of fused-ring (bicyclic) bond motifs is 2. The predicted octanol–water partition coefficient (Wildman–Crippen LogP) is 2.36. The van der Waals surface area contributed by atoms with Gasteiger partial charge in [0.25, 0.3) is 0 Å². The van der Waals surface area contributed by atoms with Gasteiger partial charge in [0, 0.05) is 12.1 Å². The molecule has 3 unspecified atom stereocenters. The second-order valence-corrected chi connectivity index (χ2v) is 6.53. The molecule has 2 fully saturated rings. The van der Waals surface area contributed by atoms with Gasteiger partial charge in [0.15, 0.2) is 0 Å². The van der Waals surface area contributed by atoms with Crippen molar-refractivity contribution in [3.8, 4) is 0 Å². The smallest absolute Gasteiger partial charge is 0.308 e. The Labute approximate surface area is 97.8 Å². The third-order valence-corrected chi connectivity index (χ3v) is 4.12. The Bertz CT molecular complexity index is 282. The fraction of sp³-hybridized carbons (Fsp3) is 0.923. The molecule has 0 aromatic heterocycles. The van der Waals surface area contributed by atoms with Gasteiger partial charge in [0.1, 0.15) is 0 Å². The maximum Gasteiger partial charge on any atom is 0.308 e. The molecule has 92 valence electrons. The van der Waals surface area contributed by atoms with Gasteiger partial charge < -0.3 is 5.11 Å². The van der Waals surface area contributed by atoms with Crippen LogP contribution in [0.4, 0.5) is 0 Å². The maximum absolute atomic E-state index is 11.1. The van der Waals surface area contributed by atoms with Gasteiger partial charge in [-0.2, -0.15) is 0 Å². The average Bonchev–Trinajstić information content (AvgIpc) is 2.69. The van der Waals surface area contributed by atoms with E-state index in [2.05, 4.69) is 25.7 Å². The van der Waals surface area contributed by atoms with E-state index in [0.717, 1.165) is 25.8 Å². The maximum atomic E-state index is 11.1. The van der Waals surface area contributed by atoms with Crippen molar-refractivity contribution in [3.63, 3.8) is 0 Å². The summed E-state index contributed by atoms with van der Waals surface area (Å²) in [5, 5.41) is 9.15. The molecule has 3 heteroatoms. The van der Waals surface area contributed by atoms with Crippen LogP contribution in [0.3, 0.4) is 0 Å². The number of carbonyl (C=O) groups is 1. The minimum atomic E-state index is -0.590. The van der Waals surface area contributed by atoms with Gasteiger partial charge in [-0.25, -0.2) is 0 Å². The highest BCUT2D eigenvalue weighted by Gasteiger charge is 2.48. The van der Waals surface area contributed by atoms with E-state index in [1.807, 2.05) is 0 Å². The lowest BCUT2D eigenvalue weighted by Crippen LogP contribution is -2.35. The van der Waals surface area contributed by atoms with Crippen LogP contribution in [0.15, 0.2) is 0 Å². The molecule has 2 aliphatic rings. The van der Waals surface area contributed by atoms with E-state index < -0.39 is 5.97 Å². The van der Waals surface area contributed by atoms with Crippen molar-refractivity contribution in [2.24, 2.45) is 11.3 Å². The van der Waals surface area contributed by atoms with Gasteiger partial charge in [-0.05, 0) is 37.6 Å². The second-order valence-electron chi connectivity index (χ2n) is 6.53. The van der Waals surface area contributed by atoms with Crippen LogP contribution in [0, 0.1) is 11.3 Å². The second kappa shape index (κ2) is 4.02. The molecule has 0 aromatic carbocycles. The zero-order chi connectivity index (χ0) is 11.9. The molecule has 3 nitrogen and oxygen atoms in total. The van der Waals surface area contributed by atoms with Crippen LogP contribution in [0.1, 0.15) is 46.5 Å². The number of carboxylic acids is 1. The van der Waals surface area contributed by atoms with Gasteiger partial charge in [0.2, 0.25) is 0 Å². The molecule has 0 spiro atoms. The Morgan fingerprint density at radius 3 is 2.56 bits per heavy atom. The van der Waals surface area contributed by atoms with Crippen molar-refractivity contribution < 1.29 is 9.90 Å². The molecule has 2 bridgehead atoms. The van der Waals surface area contributed by atoms with Crippen molar-refractivity contribution in [1.29, 1.82) is 0 Å². The molecule has 0 aromatic rings. The van der Waals surface area contributed by atoms with Gasteiger partial charge >= 0.3 is 5.97 Å². The van der Waals surface area contributed by atoms with E-state index >= 15 is 0 Å². The summed E-state index contributed by atoms with van der Waals surface area (Å²) in [5.74, 6) is -0.688. The lowest BCUT2D eigenvalue weighted by molar-refractivity contribution is -0.142. The van der Waals surface area contributed by atoms with Crippen molar-refractivity contribution in [2.75, 3.05) is 6.54 Å². The normalized spacial score (nSPS) is 34.6. The number of hydrogen-bond donors (Lipinski definition) is 1. The molecule has 2 rings (SSSR count). The van der Waals surface area contributed by atoms with E-state index in [9.17, 15) is 4.79 Å². The van der Waals surface area contributed by atoms with E-state index in [-0.39, 0.29) is 5.92 Å². The SMILES string of the molecule is CC(C)(C)CCN1C2CCC1C(C(=O)O)C2. The summed E-state index contributed by atoms with van der Waals surface area (Å²) < 4.78 is 0. The standard InChI is InChI=1S/C13H23NO2/c1-13(2,3)6-7-14-9-4-5-11(14)10(8-9)12(15)16/h9-11H,4-8H2,1-3H3,(H,15,16). The van der Waals surface area contributed by atoms with Gasteiger partial charge in [0.05, 0.1) is 5.92 Å². The van der Waals surface area contributed by atoms with Crippen LogP contribution in [-0.4, -0.2) is 34.6 Å². The molecule has 0 saturated carbocycles. The molecule has 16 heavy (non-hydrogen) atoms. The van der Waals surface area contributed by atoms with Crippen molar-refractivity contribution in [3.05, 3.63) is 0 Å². The third kappa shape index (κ3) is 2.24. The van der Waals surface area contributed by atoms with Crippen molar-refractivity contribution in [1.82, 2.24) is 4.90 Å². The van der Waals surface area contributed by atoms with Crippen LogP contribution in [0.5, 0.6) is 0 Å². The molecule has 0 amide bonds. The fourth-order valence-electron chi connectivity index (χ4n) is 3.18. The number of hydrogen-bond acceptors (Lipinski definition) is 2. The van der Waals surface area contributed by atoms with Crippen LogP contribution in [-0.2, 0) is 4.79 Å². The number of rotatable bonds is 3. The summed E-state index contributed by atoms with van der Waals surface area (Å²) in [7, 11) is 0. The summed E-state index contributed by atoms with van der Waals surface area (Å²) in [6.45, 7) is 7.82. The minimum absolute atomic E-state index is 0.0984. The Morgan fingerprint density at radius 1 is 1.38 bits per heavy atom. The molecule has 3 atom stereocenters. The Hall–Kier alpha value is -0.570. The number of carboxylic acid groups (broad SMARTS) is 1. The van der Waals surface area contributed by atoms with Gasteiger partial charge in [-0.1, -0.05) is 20.8 Å². The van der Waals surface area contributed by atoms with E-state index in [1.54, 1.807) is 0 Å². The Balaban J connectivity index is 1.95. The molecular formula is C13H23NO2. The summed E-state index contributed by atoms with van der Waals surface area (Å²) in [5.41, 5.74) is 0.348. The first-order valence-electron chi connectivity index (χ1n) is 6.37. The highest BCUT2D eigenvalue weighted by atomic mass is 16.4. The quantitative estimate of drug-likeness (QED) is 0.801. The molecule has 0 aliphatic carbocycles. The Kier molecular flexibility index (Phi) is 2.99. The van der Waals surface area contributed by atoms with Crippen LogP contribution in [0.2, 0.25) is 0 Å². The summed E-state index contributed by atoms with van der Waals surface area (Å²) in [6.07, 6.45) is 4.33. The number of nitrogens with zero attached hydrogens (tertiary/aromatic N) is 1. The lowest BCUT2D eigenvalue weighted by atomic mass is 9.89. The highest BCUT2D eigenvalue weighted by molar-refractivity contribution is 5.71. The van der Waals surface area contributed by atoms with Crippen LogP contribution < -0.4 is 0 Å². The largest absolute Gasteiger partial charge is 0.481 e. The first-order chi connectivity index (χ1) is 7.38. The van der Waals surface area contributed by atoms with Crippen LogP contribution >= 0.6 is 0 Å². The predicted molar refractivity (Wildman–Crippen MR) is 63.3 cm³/mol. The summed E-state index contributed by atoms with van der Waals surface area (Å²) in [4.78, 5) is 13.6.